The van der Waals surface area contributed by atoms with Gasteiger partial charge in [-0.05, 0) is 56.4 Å². The van der Waals surface area contributed by atoms with E-state index in [-0.39, 0.29) is 42.8 Å². The number of carbonyl (C=O) groups excluding carboxylic acids is 1. The van der Waals surface area contributed by atoms with Crippen molar-refractivity contribution < 1.29 is 19.0 Å². The molecule has 0 radical (unpaired) electrons. The first kappa shape index (κ1) is 24.0. The zero-order valence-corrected chi connectivity index (χ0v) is 19.0. The summed E-state index contributed by atoms with van der Waals surface area (Å²) in [6.45, 7) is 2.47. The summed E-state index contributed by atoms with van der Waals surface area (Å²) in [4.78, 5) is 28.6. The van der Waals surface area contributed by atoms with Crippen LogP contribution in [0.15, 0.2) is 17.1 Å². The Labute approximate surface area is 189 Å². The van der Waals surface area contributed by atoms with Crippen molar-refractivity contribution in [3.05, 3.63) is 22.7 Å². The lowest BCUT2D eigenvalue weighted by molar-refractivity contribution is -0.179. The number of hydrogen-bond donors (Lipinski definition) is 1. The number of carbonyl (C=O) groups is 1. The Morgan fingerprint density at radius 3 is 2.61 bits per heavy atom. The highest BCUT2D eigenvalue weighted by molar-refractivity contribution is 5.85. The van der Waals surface area contributed by atoms with Gasteiger partial charge in [0, 0.05) is 6.20 Å². The smallest absolute Gasteiger partial charge is 0.351 e. The number of nitrogens with zero attached hydrogens (tertiary/aromatic N) is 2. The molecule has 8 nitrogen and oxygen atoms in total. The average Bonchev–Trinajstić information content (AvgIpc) is 3.22. The van der Waals surface area contributed by atoms with Crippen LogP contribution in [0, 0.1) is 10.8 Å². The maximum atomic E-state index is 12.9. The van der Waals surface area contributed by atoms with Crippen molar-refractivity contribution in [1.82, 2.24) is 9.55 Å². The number of nitrogen functional groups attached to an aromatic ring is 1. The number of hydrogen-bond acceptors (Lipinski definition) is 7. The van der Waals surface area contributed by atoms with Gasteiger partial charge in [-0.3, -0.25) is 9.36 Å². The summed E-state index contributed by atoms with van der Waals surface area (Å²) < 4.78 is 18.3. The molecule has 1 aromatic heterocycles. The van der Waals surface area contributed by atoms with Crippen molar-refractivity contribution in [2.24, 2.45) is 10.8 Å². The monoisotopic (exact) mass is 455 g/mol. The third-order valence-corrected chi connectivity index (χ3v) is 7.39. The summed E-state index contributed by atoms with van der Waals surface area (Å²) in [5.74, 6) is 0.0422. The first-order valence-corrected chi connectivity index (χ1v) is 11.2. The van der Waals surface area contributed by atoms with Gasteiger partial charge in [0.15, 0.2) is 12.5 Å². The summed E-state index contributed by atoms with van der Waals surface area (Å²) in [7, 11) is 0. The number of esters is 1. The van der Waals surface area contributed by atoms with Gasteiger partial charge >= 0.3 is 11.7 Å². The average molecular weight is 456 g/mol. The maximum Gasteiger partial charge on any atom is 0.351 e. The Morgan fingerprint density at radius 1 is 1.26 bits per heavy atom. The topological polar surface area (TPSA) is 106 Å². The first-order chi connectivity index (χ1) is 14.5. The zero-order chi connectivity index (χ0) is 21.2. The highest BCUT2D eigenvalue weighted by atomic mass is 35.5. The zero-order valence-electron chi connectivity index (χ0n) is 18.2. The Bertz CT molecular complexity index is 805. The van der Waals surface area contributed by atoms with Crippen LogP contribution in [0.3, 0.4) is 0 Å². The van der Waals surface area contributed by atoms with Gasteiger partial charge in [-0.2, -0.15) is 4.98 Å². The van der Waals surface area contributed by atoms with Gasteiger partial charge in [-0.15, -0.1) is 12.4 Å². The van der Waals surface area contributed by atoms with E-state index in [1.165, 1.54) is 42.5 Å². The molecule has 3 aliphatic carbocycles. The van der Waals surface area contributed by atoms with Gasteiger partial charge in [0.1, 0.15) is 12.4 Å². The molecular weight excluding hydrogens is 422 g/mol. The quantitative estimate of drug-likeness (QED) is 0.471. The van der Waals surface area contributed by atoms with E-state index in [0.717, 1.165) is 38.5 Å². The van der Waals surface area contributed by atoms with Crippen LogP contribution in [-0.2, 0) is 19.0 Å². The molecule has 2 bridgehead atoms. The molecule has 0 unspecified atom stereocenters. The van der Waals surface area contributed by atoms with E-state index >= 15 is 0 Å². The number of nitrogens with two attached hydrogens (primary N) is 1. The molecule has 5 rings (SSSR count). The predicted molar refractivity (Wildman–Crippen MR) is 118 cm³/mol. The van der Waals surface area contributed by atoms with Crippen LogP contribution < -0.4 is 11.4 Å². The van der Waals surface area contributed by atoms with Gasteiger partial charge in [-0.25, -0.2) is 4.79 Å². The summed E-state index contributed by atoms with van der Waals surface area (Å²) in [6.07, 6.45) is 11.6. The second-order valence-corrected chi connectivity index (χ2v) is 9.23. The fourth-order valence-corrected chi connectivity index (χ4v) is 5.31. The molecule has 1 aliphatic heterocycles. The number of aromatic nitrogens is 2. The van der Waals surface area contributed by atoms with Gasteiger partial charge in [0.2, 0.25) is 0 Å². The van der Waals surface area contributed by atoms with Gasteiger partial charge in [0.25, 0.3) is 0 Å². The molecule has 31 heavy (non-hydrogen) atoms. The van der Waals surface area contributed by atoms with E-state index in [1.807, 2.05) is 0 Å². The second-order valence-electron chi connectivity index (χ2n) is 9.23. The molecule has 4 fully saturated rings. The first-order valence-electron chi connectivity index (χ1n) is 11.2. The number of halogens is 1. The minimum Gasteiger partial charge on any atom is -0.460 e. The largest absolute Gasteiger partial charge is 0.460 e. The maximum absolute atomic E-state index is 12.9. The predicted octanol–water partition coefficient (Wildman–Crippen LogP) is 3.58. The third kappa shape index (κ3) is 5.07. The van der Waals surface area contributed by atoms with E-state index in [1.54, 1.807) is 0 Å². The summed E-state index contributed by atoms with van der Waals surface area (Å²) >= 11 is 0. The molecule has 2 atom stereocenters. The SMILES string of the molecule is CCCCCC12CCC(C(=O)OC[C@H]3OC[C@@H](n4ccc(N)nc4=O)O3)(CC1)CC2.Cl. The van der Waals surface area contributed by atoms with E-state index in [4.69, 9.17) is 19.9 Å². The number of unbranched alkanes of at least 4 members (excludes halogenated alkanes) is 2. The molecule has 9 heteroatoms. The molecule has 1 aromatic rings. The Morgan fingerprint density at radius 2 is 1.97 bits per heavy atom. The Hall–Kier alpha value is -1.64. The summed E-state index contributed by atoms with van der Waals surface area (Å²) in [5, 5.41) is 0. The molecule has 0 spiro atoms. The lowest BCUT2D eigenvalue weighted by Crippen LogP contribution is -2.47. The van der Waals surface area contributed by atoms with Gasteiger partial charge < -0.3 is 19.9 Å². The van der Waals surface area contributed by atoms with Crippen LogP contribution in [0.2, 0.25) is 0 Å². The van der Waals surface area contributed by atoms with Gasteiger partial charge in [0.05, 0.1) is 12.0 Å². The number of ether oxygens (including phenoxy) is 3. The fraction of sp³-hybridized carbons (Fsp3) is 0.773. The van der Waals surface area contributed by atoms with Crippen molar-refractivity contribution in [3.63, 3.8) is 0 Å². The van der Waals surface area contributed by atoms with Crippen LogP contribution in [0.4, 0.5) is 5.82 Å². The Kier molecular flexibility index (Phi) is 7.65. The van der Waals surface area contributed by atoms with Crippen molar-refractivity contribution in [2.75, 3.05) is 18.9 Å². The molecular formula is C22H34ClN3O5. The lowest BCUT2D eigenvalue weighted by Gasteiger charge is -2.52. The molecule has 2 N–H and O–H groups in total. The van der Waals surface area contributed by atoms with Crippen LogP contribution in [0.25, 0.3) is 0 Å². The van der Waals surface area contributed by atoms with Crippen LogP contribution in [0.1, 0.15) is 77.4 Å². The minimum absolute atomic E-state index is 0. The molecule has 0 aromatic carbocycles. The molecule has 1 saturated heterocycles. The molecule has 3 saturated carbocycles. The lowest BCUT2D eigenvalue weighted by atomic mass is 9.52. The highest BCUT2D eigenvalue weighted by Crippen LogP contribution is 2.59. The number of anilines is 1. The summed E-state index contributed by atoms with van der Waals surface area (Å²) in [5.41, 5.74) is 5.15. The van der Waals surface area contributed by atoms with Crippen molar-refractivity contribution in [1.29, 1.82) is 0 Å². The Balaban J connectivity index is 0.00000272. The summed E-state index contributed by atoms with van der Waals surface area (Å²) in [6, 6.07) is 1.53. The van der Waals surface area contributed by atoms with Crippen molar-refractivity contribution in [2.45, 2.75) is 83.6 Å². The highest BCUT2D eigenvalue weighted by Gasteiger charge is 2.52. The second kappa shape index (κ2) is 9.88. The molecule has 4 aliphatic rings. The van der Waals surface area contributed by atoms with E-state index < -0.39 is 18.2 Å². The fourth-order valence-electron chi connectivity index (χ4n) is 5.31. The normalized spacial score (nSPS) is 31.9. The van der Waals surface area contributed by atoms with E-state index in [2.05, 4.69) is 11.9 Å². The van der Waals surface area contributed by atoms with E-state index in [9.17, 15) is 9.59 Å². The third-order valence-electron chi connectivity index (χ3n) is 7.39. The van der Waals surface area contributed by atoms with Crippen molar-refractivity contribution in [3.8, 4) is 0 Å². The number of fused-ring (bicyclic) bond motifs is 3. The molecule has 174 valence electrons. The van der Waals surface area contributed by atoms with Gasteiger partial charge in [-0.1, -0.05) is 26.2 Å². The molecule has 0 amide bonds. The van der Waals surface area contributed by atoms with Crippen LogP contribution >= 0.6 is 12.4 Å². The minimum atomic E-state index is -0.680. The van der Waals surface area contributed by atoms with Crippen LogP contribution in [0.5, 0.6) is 0 Å². The van der Waals surface area contributed by atoms with E-state index in [0.29, 0.717) is 5.41 Å². The molecule has 2 heterocycles. The van der Waals surface area contributed by atoms with Crippen molar-refractivity contribution >= 4 is 24.2 Å². The standard InChI is InChI=1S/C22H33N3O5.ClH/c1-2-3-4-6-21-7-10-22(11-8-21,12-9-21)19(26)29-15-18-28-14-17(30-18)25-13-5-16(23)24-20(25)27;/h5,13,17-18H,2-4,6-12,14-15H2,1H3,(H2,23,24,27);1H/t17-,18-,21?,22?;/m0./s1. The van der Waals surface area contributed by atoms with Crippen LogP contribution in [-0.4, -0.2) is 35.0 Å². The number of rotatable bonds is 8.